The first-order chi connectivity index (χ1) is 7.63. The van der Waals surface area contributed by atoms with Crippen molar-refractivity contribution in [3.05, 3.63) is 0 Å². The Morgan fingerprint density at radius 3 is 2.44 bits per heavy atom. The predicted molar refractivity (Wildman–Crippen MR) is 62.9 cm³/mol. The molecule has 1 N–H and O–H groups in total. The molecule has 1 rings (SSSR count). The van der Waals surface area contributed by atoms with Crippen molar-refractivity contribution < 1.29 is 9.59 Å². The lowest BCUT2D eigenvalue weighted by Gasteiger charge is -2.30. The highest BCUT2D eigenvalue weighted by atomic mass is 16.2. The summed E-state index contributed by atoms with van der Waals surface area (Å²) >= 11 is 0. The summed E-state index contributed by atoms with van der Waals surface area (Å²) in [5.41, 5.74) is 0. The van der Waals surface area contributed by atoms with Gasteiger partial charge in [-0.3, -0.25) is 9.59 Å². The second-order valence-corrected chi connectivity index (χ2v) is 4.28. The second kappa shape index (κ2) is 5.87. The molecule has 92 valence electrons. The van der Waals surface area contributed by atoms with Crippen LogP contribution in [0.4, 0.5) is 0 Å². The first-order valence-corrected chi connectivity index (χ1v) is 6.23. The highest BCUT2D eigenvalue weighted by Crippen LogP contribution is 2.14. The van der Waals surface area contributed by atoms with Crippen LogP contribution in [0.2, 0.25) is 0 Å². The Balaban J connectivity index is 2.82. The Kier molecular flexibility index (Phi) is 4.77. The summed E-state index contributed by atoms with van der Waals surface area (Å²) in [4.78, 5) is 25.5. The fourth-order valence-corrected chi connectivity index (χ4v) is 2.23. The van der Waals surface area contributed by atoms with Crippen LogP contribution in [0.3, 0.4) is 0 Å². The van der Waals surface area contributed by atoms with Gasteiger partial charge in [-0.25, -0.2) is 0 Å². The van der Waals surface area contributed by atoms with E-state index in [2.05, 4.69) is 19.2 Å². The minimum absolute atomic E-state index is 0.00587. The van der Waals surface area contributed by atoms with Crippen molar-refractivity contribution in [2.75, 3.05) is 6.54 Å². The van der Waals surface area contributed by atoms with E-state index in [1.165, 1.54) is 0 Å². The topological polar surface area (TPSA) is 49.4 Å². The predicted octanol–water partition coefficient (Wildman–Crippen LogP) is 1.30. The lowest BCUT2D eigenvalue weighted by atomic mass is 10.1. The largest absolute Gasteiger partial charge is 0.344 e. The van der Waals surface area contributed by atoms with Gasteiger partial charge in [-0.1, -0.05) is 20.8 Å². The van der Waals surface area contributed by atoms with E-state index in [0.29, 0.717) is 19.4 Å². The Bertz CT molecular complexity index is 262. The third kappa shape index (κ3) is 2.74. The minimum atomic E-state index is -0.324. The SMILES string of the molecule is CCC1NC(=O)CCN(C(CC)CC)C1=O. The van der Waals surface area contributed by atoms with Crippen LogP contribution in [0, 0.1) is 0 Å². The first-order valence-electron chi connectivity index (χ1n) is 6.23. The zero-order chi connectivity index (χ0) is 12.1. The number of carbonyl (C=O) groups excluding carboxylic acids is 2. The molecule has 2 amide bonds. The van der Waals surface area contributed by atoms with E-state index in [-0.39, 0.29) is 23.9 Å². The number of amides is 2. The molecule has 0 spiro atoms. The molecule has 0 aromatic heterocycles. The van der Waals surface area contributed by atoms with Gasteiger partial charge in [0.2, 0.25) is 11.8 Å². The molecule has 4 nitrogen and oxygen atoms in total. The first kappa shape index (κ1) is 13.0. The Morgan fingerprint density at radius 1 is 1.31 bits per heavy atom. The van der Waals surface area contributed by atoms with E-state index < -0.39 is 0 Å². The van der Waals surface area contributed by atoms with Crippen LogP contribution in [0.1, 0.15) is 46.5 Å². The number of nitrogens with one attached hydrogen (secondary N) is 1. The zero-order valence-electron chi connectivity index (χ0n) is 10.5. The van der Waals surface area contributed by atoms with Gasteiger partial charge in [-0.2, -0.15) is 0 Å². The smallest absolute Gasteiger partial charge is 0.245 e. The molecule has 0 radical (unpaired) electrons. The summed E-state index contributed by atoms with van der Waals surface area (Å²) in [5, 5.41) is 2.78. The van der Waals surface area contributed by atoms with Crippen LogP contribution >= 0.6 is 0 Å². The van der Waals surface area contributed by atoms with Crippen LogP contribution in [-0.2, 0) is 9.59 Å². The summed E-state index contributed by atoms with van der Waals surface area (Å²) in [7, 11) is 0. The summed E-state index contributed by atoms with van der Waals surface area (Å²) < 4.78 is 0. The molecule has 0 saturated carbocycles. The molecule has 1 aliphatic rings. The molecule has 16 heavy (non-hydrogen) atoms. The Labute approximate surface area is 97.4 Å². The van der Waals surface area contributed by atoms with Crippen LogP contribution in [0.15, 0.2) is 0 Å². The fraction of sp³-hybridized carbons (Fsp3) is 0.833. The van der Waals surface area contributed by atoms with Gasteiger partial charge in [0.25, 0.3) is 0 Å². The van der Waals surface area contributed by atoms with E-state index in [1.807, 2.05) is 11.8 Å². The molecular weight excluding hydrogens is 204 g/mol. The van der Waals surface area contributed by atoms with Gasteiger partial charge in [0, 0.05) is 19.0 Å². The van der Waals surface area contributed by atoms with Crippen molar-refractivity contribution in [3.8, 4) is 0 Å². The van der Waals surface area contributed by atoms with Crippen molar-refractivity contribution in [2.45, 2.75) is 58.5 Å². The van der Waals surface area contributed by atoms with Gasteiger partial charge in [0.1, 0.15) is 6.04 Å². The monoisotopic (exact) mass is 226 g/mol. The lowest BCUT2D eigenvalue weighted by molar-refractivity contribution is -0.135. The highest BCUT2D eigenvalue weighted by Gasteiger charge is 2.31. The van der Waals surface area contributed by atoms with Crippen molar-refractivity contribution >= 4 is 11.8 Å². The third-order valence-electron chi connectivity index (χ3n) is 3.29. The molecule has 1 heterocycles. The van der Waals surface area contributed by atoms with Gasteiger partial charge in [-0.15, -0.1) is 0 Å². The van der Waals surface area contributed by atoms with Crippen molar-refractivity contribution in [2.24, 2.45) is 0 Å². The molecule has 0 bridgehead atoms. The lowest BCUT2D eigenvalue weighted by Crippen LogP contribution is -2.47. The van der Waals surface area contributed by atoms with Crippen molar-refractivity contribution in [1.82, 2.24) is 10.2 Å². The minimum Gasteiger partial charge on any atom is -0.344 e. The number of carbonyl (C=O) groups is 2. The van der Waals surface area contributed by atoms with Crippen LogP contribution in [0.5, 0.6) is 0 Å². The molecule has 1 fully saturated rings. The highest BCUT2D eigenvalue weighted by molar-refractivity contribution is 5.90. The molecule has 1 aliphatic heterocycles. The van der Waals surface area contributed by atoms with E-state index >= 15 is 0 Å². The van der Waals surface area contributed by atoms with E-state index in [9.17, 15) is 9.59 Å². The average Bonchev–Trinajstić information content (AvgIpc) is 2.43. The number of hydrogen-bond acceptors (Lipinski definition) is 2. The molecule has 1 unspecified atom stereocenters. The van der Waals surface area contributed by atoms with Crippen LogP contribution in [-0.4, -0.2) is 35.3 Å². The Morgan fingerprint density at radius 2 is 1.94 bits per heavy atom. The molecule has 0 aliphatic carbocycles. The van der Waals surface area contributed by atoms with Gasteiger partial charge in [0.05, 0.1) is 0 Å². The fourth-order valence-electron chi connectivity index (χ4n) is 2.23. The summed E-state index contributed by atoms with van der Waals surface area (Å²) in [6, 6.07) is -0.0511. The summed E-state index contributed by atoms with van der Waals surface area (Å²) in [6.45, 7) is 6.66. The molecule has 0 aromatic rings. The van der Waals surface area contributed by atoms with Gasteiger partial charge in [0.15, 0.2) is 0 Å². The summed E-state index contributed by atoms with van der Waals surface area (Å²) in [5.74, 6) is 0.0794. The zero-order valence-corrected chi connectivity index (χ0v) is 10.5. The molecule has 0 aromatic carbocycles. The van der Waals surface area contributed by atoms with Crippen molar-refractivity contribution in [3.63, 3.8) is 0 Å². The van der Waals surface area contributed by atoms with Gasteiger partial charge in [-0.05, 0) is 19.3 Å². The Hall–Kier alpha value is -1.06. The average molecular weight is 226 g/mol. The quantitative estimate of drug-likeness (QED) is 0.785. The van der Waals surface area contributed by atoms with E-state index in [4.69, 9.17) is 0 Å². The molecular formula is C12H22N2O2. The maximum absolute atomic E-state index is 12.2. The van der Waals surface area contributed by atoms with Crippen molar-refractivity contribution in [1.29, 1.82) is 0 Å². The normalized spacial score (nSPS) is 22.2. The second-order valence-electron chi connectivity index (χ2n) is 4.28. The molecule has 1 atom stereocenters. The number of nitrogens with zero attached hydrogens (tertiary/aromatic N) is 1. The van der Waals surface area contributed by atoms with Crippen LogP contribution in [0.25, 0.3) is 0 Å². The molecule has 4 heteroatoms. The summed E-state index contributed by atoms with van der Waals surface area (Å²) in [6.07, 6.45) is 3.00. The van der Waals surface area contributed by atoms with E-state index in [0.717, 1.165) is 12.8 Å². The van der Waals surface area contributed by atoms with Crippen LogP contribution < -0.4 is 5.32 Å². The van der Waals surface area contributed by atoms with E-state index in [1.54, 1.807) is 0 Å². The maximum Gasteiger partial charge on any atom is 0.245 e. The number of hydrogen-bond donors (Lipinski definition) is 1. The third-order valence-corrected chi connectivity index (χ3v) is 3.29. The number of rotatable bonds is 4. The van der Waals surface area contributed by atoms with Gasteiger partial charge >= 0.3 is 0 Å². The van der Waals surface area contributed by atoms with Gasteiger partial charge < -0.3 is 10.2 Å². The maximum atomic E-state index is 12.2. The molecule has 1 saturated heterocycles. The standard InChI is InChI=1S/C12H22N2O2/c1-4-9(5-2)14-8-7-11(15)13-10(6-3)12(14)16/h9-10H,4-8H2,1-3H3,(H,13,15).